The molecule has 2 nitrogen and oxygen atoms in total. The molecule has 3 rings (SSSR count). The van der Waals surface area contributed by atoms with Gasteiger partial charge >= 0.3 is 0 Å². The quantitative estimate of drug-likeness (QED) is 0.815. The molecule has 1 aliphatic carbocycles. The van der Waals surface area contributed by atoms with Crippen LogP contribution in [-0.2, 0) is 0 Å². The summed E-state index contributed by atoms with van der Waals surface area (Å²) in [6, 6.07) is 7.74. The standard InChI is InChI=1S/C17H22ClNO/c1-17(2)7-5-11(6-8-17)16(19)15-10-12-9-13(18)3-4-14(12)20-15/h3-4,9-11,16H,5-8,19H2,1-2H3. The minimum Gasteiger partial charge on any atom is -0.459 e. The molecule has 1 unspecified atom stereocenters. The summed E-state index contributed by atoms with van der Waals surface area (Å²) in [5.74, 6) is 1.42. The summed E-state index contributed by atoms with van der Waals surface area (Å²) in [4.78, 5) is 0. The van der Waals surface area contributed by atoms with Crippen molar-refractivity contribution in [1.82, 2.24) is 0 Å². The highest BCUT2D eigenvalue weighted by molar-refractivity contribution is 6.31. The molecular formula is C17H22ClNO. The van der Waals surface area contributed by atoms with Crippen molar-refractivity contribution in [2.75, 3.05) is 0 Å². The summed E-state index contributed by atoms with van der Waals surface area (Å²) in [6.07, 6.45) is 4.87. The lowest BCUT2D eigenvalue weighted by molar-refractivity contribution is 0.167. The van der Waals surface area contributed by atoms with Crippen molar-refractivity contribution in [3.8, 4) is 0 Å². The molecule has 0 aliphatic heterocycles. The Morgan fingerprint density at radius 3 is 2.65 bits per heavy atom. The SMILES string of the molecule is CC1(C)CCC(C(N)c2cc3cc(Cl)ccc3o2)CC1. The number of fused-ring (bicyclic) bond motifs is 1. The molecule has 1 fully saturated rings. The predicted octanol–water partition coefficient (Wildman–Crippen LogP) is 5.30. The molecule has 0 bridgehead atoms. The van der Waals surface area contributed by atoms with Gasteiger partial charge < -0.3 is 10.2 Å². The van der Waals surface area contributed by atoms with Gasteiger partial charge in [-0.1, -0.05) is 25.4 Å². The molecule has 1 aliphatic rings. The molecule has 2 aromatic rings. The molecule has 1 saturated carbocycles. The van der Waals surface area contributed by atoms with Crippen LogP contribution < -0.4 is 5.73 Å². The van der Waals surface area contributed by atoms with E-state index >= 15 is 0 Å². The van der Waals surface area contributed by atoms with Crippen LogP contribution in [0.15, 0.2) is 28.7 Å². The van der Waals surface area contributed by atoms with Gasteiger partial charge in [-0.3, -0.25) is 0 Å². The van der Waals surface area contributed by atoms with E-state index in [-0.39, 0.29) is 6.04 Å². The van der Waals surface area contributed by atoms with Crippen LogP contribution in [0.5, 0.6) is 0 Å². The first-order valence-corrected chi connectivity index (χ1v) is 7.77. The average Bonchev–Trinajstić information content (AvgIpc) is 2.80. The van der Waals surface area contributed by atoms with Gasteiger partial charge in [0.1, 0.15) is 11.3 Å². The van der Waals surface area contributed by atoms with Crippen LogP contribution in [0.4, 0.5) is 0 Å². The lowest BCUT2D eigenvalue weighted by Crippen LogP contribution is -2.28. The van der Waals surface area contributed by atoms with Gasteiger partial charge in [-0.2, -0.15) is 0 Å². The first-order chi connectivity index (χ1) is 9.44. The maximum absolute atomic E-state index is 6.43. The molecule has 3 heteroatoms. The lowest BCUT2D eigenvalue weighted by atomic mass is 9.71. The van der Waals surface area contributed by atoms with Gasteiger partial charge in [-0.05, 0) is 61.3 Å². The number of nitrogens with two attached hydrogens (primary N) is 1. The Balaban J connectivity index is 1.80. The van der Waals surface area contributed by atoms with Crippen molar-refractivity contribution in [2.45, 2.75) is 45.6 Å². The first kappa shape index (κ1) is 14.0. The summed E-state index contributed by atoms with van der Waals surface area (Å²) in [7, 11) is 0. The summed E-state index contributed by atoms with van der Waals surface area (Å²) >= 11 is 6.01. The maximum atomic E-state index is 6.43. The predicted molar refractivity (Wildman–Crippen MR) is 83.9 cm³/mol. The molecule has 20 heavy (non-hydrogen) atoms. The Kier molecular flexibility index (Phi) is 3.55. The summed E-state index contributed by atoms with van der Waals surface area (Å²) in [6.45, 7) is 4.69. The van der Waals surface area contributed by atoms with E-state index in [0.29, 0.717) is 11.3 Å². The van der Waals surface area contributed by atoms with E-state index in [4.69, 9.17) is 21.8 Å². The van der Waals surface area contributed by atoms with Gasteiger partial charge in [0.25, 0.3) is 0 Å². The molecule has 0 saturated heterocycles. The second-order valence-electron chi connectivity index (χ2n) is 6.86. The molecule has 108 valence electrons. The average molecular weight is 292 g/mol. The van der Waals surface area contributed by atoms with Crippen molar-refractivity contribution in [3.05, 3.63) is 35.0 Å². The summed E-state index contributed by atoms with van der Waals surface area (Å²) < 4.78 is 5.91. The zero-order valence-electron chi connectivity index (χ0n) is 12.2. The Hall–Kier alpha value is -0.990. The van der Waals surface area contributed by atoms with Crippen LogP contribution in [-0.4, -0.2) is 0 Å². The number of halogens is 1. The van der Waals surface area contributed by atoms with E-state index in [2.05, 4.69) is 13.8 Å². The fourth-order valence-corrected chi connectivity index (χ4v) is 3.39. The minimum absolute atomic E-state index is 0.00252. The van der Waals surface area contributed by atoms with Crippen LogP contribution in [0.1, 0.15) is 51.3 Å². The Bertz CT molecular complexity index is 606. The molecule has 1 heterocycles. The minimum atomic E-state index is -0.00252. The van der Waals surface area contributed by atoms with E-state index in [0.717, 1.165) is 21.8 Å². The second kappa shape index (κ2) is 5.09. The fraction of sp³-hybridized carbons (Fsp3) is 0.529. The topological polar surface area (TPSA) is 39.2 Å². The van der Waals surface area contributed by atoms with Crippen LogP contribution in [0.3, 0.4) is 0 Å². The Morgan fingerprint density at radius 2 is 1.95 bits per heavy atom. The molecular weight excluding hydrogens is 270 g/mol. The van der Waals surface area contributed by atoms with Gasteiger partial charge in [0.15, 0.2) is 0 Å². The number of furan rings is 1. The van der Waals surface area contributed by atoms with Crippen LogP contribution in [0, 0.1) is 11.3 Å². The molecule has 0 spiro atoms. The summed E-state index contributed by atoms with van der Waals surface area (Å²) in [5, 5.41) is 1.77. The highest BCUT2D eigenvalue weighted by Gasteiger charge is 2.31. The number of benzene rings is 1. The zero-order chi connectivity index (χ0) is 14.3. The third-order valence-corrected chi connectivity index (χ3v) is 4.95. The van der Waals surface area contributed by atoms with Gasteiger partial charge in [0, 0.05) is 10.4 Å². The first-order valence-electron chi connectivity index (χ1n) is 7.39. The zero-order valence-corrected chi connectivity index (χ0v) is 12.9. The second-order valence-corrected chi connectivity index (χ2v) is 7.29. The van der Waals surface area contributed by atoms with E-state index < -0.39 is 0 Å². The van der Waals surface area contributed by atoms with Crippen molar-refractivity contribution < 1.29 is 4.42 Å². The van der Waals surface area contributed by atoms with Crippen molar-refractivity contribution in [3.63, 3.8) is 0 Å². The van der Waals surface area contributed by atoms with E-state index in [1.54, 1.807) is 0 Å². The fourth-order valence-electron chi connectivity index (χ4n) is 3.21. The van der Waals surface area contributed by atoms with Crippen molar-refractivity contribution in [1.29, 1.82) is 0 Å². The molecule has 2 N–H and O–H groups in total. The smallest absolute Gasteiger partial charge is 0.134 e. The van der Waals surface area contributed by atoms with Crippen molar-refractivity contribution >= 4 is 22.6 Å². The molecule has 0 radical (unpaired) electrons. The molecule has 0 amide bonds. The molecule has 1 atom stereocenters. The number of hydrogen-bond acceptors (Lipinski definition) is 2. The normalized spacial score (nSPS) is 21.2. The molecule has 1 aromatic heterocycles. The van der Waals surface area contributed by atoms with Crippen LogP contribution >= 0.6 is 11.6 Å². The Labute approximate surface area is 125 Å². The third kappa shape index (κ3) is 2.72. The van der Waals surface area contributed by atoms with Gasteiger partial charge in [0.2, 0.25) is 0 Å². The third-order valence-electron chi connectivity index (χ3n) is 4.72. The van der Waals surface area contributed by atoms with E-state index in [1.807, 2.05) is 24.3 Å². The highest BCUT2D eigenvalue weighted by atomic mass is 35.5. The number of hydrogen-bond donors (Lipinski definition) is 1. The highest BCUT2D eigenvalue weighted by Crippen LogP contribution is 2.42. The number of rotatable bonds is 2. The Morgan fingerprint density at radius 1 is 1.25 bits per heavy atom. The largest absolute Gasteiger partial charge is 0.459 e. The van der Waals surface area contributed by atoms with Gasteiger partial charge in [0.05, 0.1) is 6.04 Å². The van der Waals surface area contributed by atoms with Crippen LogP contribution in [0.25, 0.3) is 11.0 Å². The van der Waals surface area contributed by atoms with Gasteiger partial charge in [-0.15, -0.1) is 0 Å². The van der Waals surface area contributed by atoms with Gasteiger partial charge in [-0.25, -0.2) is 0 Å². The summed E-state index contributed by atoms with van der Waals surface area (Å²) in [5.41, 5.74) is 7.77. The van der Waals surface area contributed by atoms with Crippen LogP contribution in [0.2, 0.25) is 5.02 Å². The monoisotopic (exact) mass is 291 g/mol. The lowest BCUT2D eigenvalue weighted by Gasteiger charge is -2.36. The van der Waals surface area contributed by atoms with E-state index in [1.165, 1.54) is 25.7 Å². The molecule has 1 aromatic carbocycles. The maximum Gasteiger partial charge on any atom is 0.134 e. The van der Waals surface area contributed by atoms with E-state index in [9.17, 15) is 0 Å². The van der Waals surface area contributed by atoms with Crippen molar-refractivity contribution in [2.24, 2.45) is 17.1 Å².